The largest absolute Gasteiger partial charge is 0.396 e. The standard InChI is InChI=1S/C13H22O/c1-9-10-5-7-13(4,12(10,2)3)11(9)6-8-14/h10,14H,5-8H2,1-4H3/t10-,13+/m1/s1. The van der Waals surface area contributed by atoms with Gasteiger partial charge in [0, 0.05) is 6.61 Å². The zero-order valence-corrected chi connectivity index (χ0v) is 9.85. The van der Waals surface area contributed by atoms with Gasteiger partial charge in [0.05, 0.1) is 0 Å². The lowest BCUT2D eigenvalue weighted by Gasteiger charge is -2.37. The summed E-state index contributed by atoms with van der Waals surface area (Å²) in [6.07, 6.45) is 3.56. The Morgan fingerprint density at radius 2 is 2.00 bits per heavy atom. The van der Waals surface area contributed by atoms with Gasteiger partial charge in [-0.1, -0.05) is 31.9 Å². The van der Waals surface area contributed by atoms with E-state index in [9.17, 15) is 0 Å². The summed E-state index contributed by atoms with van der Waals surface area (Å²) in [7, 11) is 0. The first-order chi connectivity index (χ1) is 6.45. The van der Waals surface area contributed by atoms with E-state index < -0.39 is 0 Å². The van der Waals surface area contributed by atoms with Gasteiger partial charge in [0.25, 0.3) is 0 Å². The van der Waals surface area contributed by atoms with Crippen molar-refractivity contribution in [1.82, 2.24) is 0 Å². The molecular formula is C13H22O. The SMILES string of the molecule is CC1=C(CCO)[C@]2(C)CC[C@H]1C2(C)C. The monoisotopic (exact) mass is 194 g/mol. The second kappa shape index (κ2) is 2.85. The van der Waals surface area contributed by atoms with E-state index in [4.69, 9.17) is 5.11 Å². The number of aliphatic hydroxyl groups excluding tert-OH is 1. The zero-order chi connectivity index (χ0) is 10.6. The smallest absolute Gasteiger partial charge is 0.0468 e. The molecule has 0 aromatic heterocycles. The minimum Gasteiger partial charge on any atom is -0.396 e. The molecule has 0 heterocycles. The van der Waals surface area contributed by atoms with Gasteiger partial charge in [-0.25, -0.2) is 0 Å². The first-order valence-corrected chi connectivity index (χ1v) is 5.76. The van der Waals surface area contributed by atoms with Crippen LogP contribution < -0.4 is 0 Å². The van der Waals surface area contributed by atoms with Crippen molar-refractivity contribution in [3.8, 4) is 0 Å². The molecule has 1 N–H and O–H groups in total. The molecule has 0 amide bonds. The zero-order valence-electron chi connectivity index (χ0n) is 9.85. The van der Waals surface area contributed by atoms with E-state index in [-0.39, 0.29) is 0 Å². The fraction of sp³-hybridized carbons (Fsp3) is 0.846. The summed E-state index contributed by atoms with van der Waals surface area (Å²) in [5, 5.41) is 9.12. The highest BCUT2D eigenvalue weighted by Crippen LogP contribution is 2.68. The minimum absolute atomic E-state index is 0.311. The molecule has 2 aliphatic rings. The Hall–Kier alpha value is -0.300. The highest BCUT2D eigenvalue weighted by atomic mass is 16.3. The van der Waals surface area contributed by atoms with E-state index in [1.165, 1.54) is 12.8 Å². The van der Waals surface area contributed by atoms with Crippen molar-refractivity contribution in [2.24, 2.45) is 16.7 Å². The van der Waals surface area contributed by atoms with Gasteiger partial charge < -0.3 is 5.11 Å². The molecule has 0 aliphatic heterocycles. The Morgan fingerprint density at radius 3 is 2.43 bits per heavy atom. The van der Waals surface area contributed by atoms with Crippen molar-refractivity contribution in [3.05, 3.63) is 11.1 Å². The maximum atomic E-state index is 9.12. The van der Waals surface area contributed by atoms with Gasteiger partial charge in [-0.15, -0.1) is 0 Å². The second-order valence-electron chi connectivity index (χ2n) is 5.78. The maximum Gasteiger partial charge on any atom is 0.0468 e. The predicted octanol–water partition coefficient (Wildman–Crippen LogP) is 3.14. The molecule has 1 saturated carbocycles. The normalized spacial score (nSPS) is 39.6. The van der Waals surface area contributed by atoms with Crippen LogP contribution in [0.3, 0.4) is 0 Å². The quantitative estimate of drug-likeness (QED) is 0.670. The van der Waals surface area contributed by atoms with E-state index >= 15 is 0 Å². The van der Waals surface area contributed by atoms with E-state index in [0.29, 0.717) is 17.4 Å². The van der Waals surface area contributed by atoms with Crippen LogP contribution in [0.2, 0.25) is 0 Å². The van der Waals surface area contributed by atoms with Crippen LogP contribution in [-0.2, 0) is 0 Å². The highest BCUT2D eigenvalue weighted by Gasteiger charge is 2.58. The Morgan fingerprint density at radius 1 is 1.36 bits per heavy atom. The Kier molecular flexibility index (Phi) is 2.08. The number of rotatable bonds is 2. The first kappa shape index (κ1) is 10.2. The van der Waals surface area contributed by atoms with Crippen molar-refractivity contribution in [3.63, 3.8) is 0 Å². The fourth-order valence-corrected chi connectivity index (χ4v) is 4.03. The molecule has 0 aromatic carbocycles. The summed E-state index contributed by atoms with van der Waals surface area (Å²) in [5.74, 6) is 0.772. The molecule has 80 valence electrons. The van der Waals surface area contributed by atoms with Crippen molar-refractivity contribution in [2.45, 2.75) is 47.0 Å². The average Bonchev–Trinajstić information content (AvgIpc) is 2.39. The molecule has 2 rings (SSSR count). The molecule has 2 aliphatic carbocycles. The molecule has 14 heavy (non-hydrogen) atoms. The maximum absolute atomic E-state index is 9.12. The lowest BCUT2D eigenvalue weighted by atomic mass is 9.67. The molecule has 0 spiro atoms. The van der Waals surface area contributed by atoms with Crippen LogP contribution >= 0.6 is 0 Å². The number of aliphatic hydroxyl groups is 1. The van der Waals surface area contributed by atoms with Crippen molar-refractivity contribution >= 4 is 0 Å². The number of fused-ring (bicyclic) bond motifs is 2. The number of hydrogen-bond donors (Lipinski definition) is 1. The van der Waals surface area contributed by atoms with Crippen LogP contribution in [0.15, 0.2) is 11.1 Å². The highest BCUT2D eigenvalue weighted by molar-refractivity contribution is 5.37. The van der Waals surface area contributed by atoms with Crippen molar-refractivity contribution in [2.75, 3.05) is 6.61 Å². The van der Waals surface area contributed by atoms with Crippen molar-refractivity contribution in [1.29, 1.82) is 0 Å². The summed E-state index contributed by atoms with van der Waals surface area (Å²) < 4.78 is 0. The van der Waals surface area contributed by atoms with Gasteiger partial charge in [0.15, 0.2) is 0 Å². The molecular weight excluding hydrogens is 172 g/mol. The molecule has 1 heteroatoms. The van der Waals surface area contributed by atoms with E-state index in [2.05, 4.69) is 27.7 Å². The molecule has 2 bridgehead atoms. The molecule has 0 aromatic rings. The van der Waals surface area contributed by atoms with Crippen LogP contribution in [0, 0.1) is 16.7 Å². The van der Waals surface area contributed by atoms with E-state index in [1.807, 2.05) is 0 Å². The average molecular weight is 194 g/mol. The molecule has 0 unspecified atom stereocenters. The third kappa shape index (κ3) is 0.942. The van der Waals surface area contributed by atoms with Crippen LogP contribution in [0.5, 0.6) is 0 Å². The lowest BCUT2D eigenvalue weighted by Crippen LogP contribution is -2.30. The Bertz CT molecular complexity index is 288. The molecule has 0 saturated heterocycles. The summed E-state index contributed by atoms with van der Waals surface area (Å²) in [5.41, 5.74) is 3.92. The summed E-state index contributed by atoms with van der Waals surface area (Å²) >= 11 is 0. The fourth-order valence-electron chi connectivity index (χ4n) is 4.03. The van der Waals surface area contributed by atoms with Gasteiger partial charge in [0.1, 0.15) is 0 Å². The van der Waals surface area contributed by atoms with E-state index in [1.54, 1.807) is 11.1 Å². The lowest BCUT2D eigenvalue weighted by molar-refractivity contribution is 0.161. The third-order valence-corrected chi connectivity index (χ3v) is 5.25. The van der Waals surface area contributed by atoms with Gasteiger partial charge in [-0.05, 0) is 42.9 Å². The molecule has 2 atom stereocenters. The topological polar surface area (TPSA) is 20.2 Å². The second-order valence-corrected chi connectivity index (χ2v) is 5.78. The van der Waals surface area contributed by atoms with Crippen LogP contribution in [-0.4, -0.2) is 11.7 Å². The molecule has 0 radical (unpaired) electrons. The molecule has 1 nitrogen and oxygen atoms in total. The van der Waals surface area contributed by atoms with Gasteiger partial charge in [0.2, 0.25) is 0 Å². The summed E-state index contributed by atoms with van der Waals surface area (Å²) in [6, 6.07) is 0. The summed E-state index contributed by atoms with van der Waals surface area (Å²) in [6.45, 7) is 9.79. The predicted molar refractivity (Wildman–Crippen MR) is 59.0 cm³/mol. The van der Waals surface area contributed by atoms with Crippen molar-refractivity contribution < 1.29 is 5.11 Å². The van der Waals surface area contributed by atoms with E-state index in [0.717, 1.165) is 12.3 Å². The van der Waals surface area contributed by atoms with Crippen LogP contribution in [0.25, 0.3) is 0 Å². The van der Waals surface area contributed by atoms with Gasteiger partial charge >= 0.3 is 0 Å². The Labute approximate surface area is 87.2 Å². The van der Waals surface area contributed by atoms with Crippen LogP contribution in [0.1, 0.15) is 47.0 Å². The minimum atomic E-state index is 0.311. The molecule has 1 fully saturated rings. The van der Waals surface area contributed by atoms with Crippen LogP contribution in [0.4, 0.5) is 0 Å². The first-order valence-electron chi connectivity index (χ1n) is 5.76. The Balaban J connectivity index is 2.43. The summed E-state index contributed by atoms with van der Waals surface area (Å²) in [4.78, 5) is 0. The van der Waals surface area contributed by atoms with Gasteiger partial charge in [-0.3, -0.25) is 0 Å². The van der Waals surface area contributed by atoms with Gasteiger partial charge in [-0.2, -0.15) is 0 Å². The number of allylic oxidation sites excluding steroid dienone is 1. The third-order valence-electron chi connectivity index (χ3n) is 5.25. The number of hydrogen-bond acceptors (Lipinski definition) is 1.